The average molecular weight is 270 g/mol. The Morgan fingerprint density at radius 1 is 1.56 bits per heavy atom. The molecule has 1 rings (SSSR count). The number of nitrogen functional groups attached to an aromatic ring is 1. The van der Waals surface area contributed by atoms with Gasteiger partial charge in [-0.15, -0.1) is 0 Å². The molecule has 0 bridgehead atoms. The molecule has 0 saturated heterocycles. The zero-order chi connectivity index (χ0) is 13.6. The molecule has 1 heterocycles. The predicted molar refractivity (Wildman–Crippen MR) is 76.5 cm³/mol. The van der Waals surface area contributed by atoms with E-state index in [0.717, 1.165) is 12.8 Å². The van der Waals surface area contributed by atoms with Gasteiger partial charge in [0, 0.05) is 17.5 Å². The van der Waals surface area contributed by atoms with Crippen molar-refractivity contribution in [3.63, 3.8) is 0 Å². The maximum Gasteiger partial charge on any atom is 0.241 e. The van der Waals surface area contributed by atoms with Gasteiger partial charge in [0.1, 0.15) is 12.4 Å². The number of carbonyl (C=O) groups is 1. The van der Waals surface area contributed by atoms with E-state index in [4.69, 9.17) is 5.73 Å². The molecule has 3 N–H and O–H groups in total. The Bertz CT molecular complexity index is 379. The van der Waals surface area contributed by atoms with Crippen LogP contribution >= 0.6 is 11.8 Å². The molecule has 0 radical (unpaired) electrons. The van der Waals surface area contributed by atoms with Crippen LogP contribution in [0, 0.1) is 0 Å². The highest BCUT2D eigenvalue weighted by atomic mass is 32.2. The number of thioether (sulfide) groups is 1. The summed E-state index contributed by atoms with van der Waals surface area (Å²) in [6.07, 6.45) is 5.88. The van der Waals surface area contributed by atoms with Gasteiger partial charge in [0.15, 0.2) is 0 Å². The van der Waals surface area contributed by atoms with Gasteiger partial charge in [-0.25, -0.2) is 0 Å². The van der Waals surface area contributed by atoms with E-state index in [1.165, 1.54) is 0 Å². The lowest BCUT2D eigenvalue weighted by Gasteiger charge is -2.29. The standard InChI is InChI=1S/C12H22N4OS/c1-4-12(5-2,18-3)9-14-11(17)8-16-7-6-10(13)15-16/h6-7H,4-5,8-9H2,1-3H3,(H2,13,15)(H,14,17). The van der Waals surface area contributed by atoms with E-state index in [-0.39, 0.29) is 17.2 Å². The third-order valence-corrected chi connectivity index (χ3v) is 4.88. The second-order valence-corrected chi connectivity index (χ2v) is 5.58. The Balaban J connectivity index is 2.45. The van der Waals surface area contributed by atoms with Gasteiger partial charge in [-0.1, -0.05) is 13.8 Å². The fourth-order valence-electron chi connectivity index (χ4n) is 1.79. The monoisotopic (exact) mass is 270 g/mol. The van der Waals surface area contributed by atoms with Crippen LogP contribution in [0.25, 0.3) is 0 Å². The highest BCUT2D eigenvalue weighted by Gasteiger charge is 2.25. The van der Waals surface area contributed by atoms with Crippen LogP contribution in [0.3, 0.4) is 0 Å². The highest BCUT2D eigenvalue weighted by Crippen LogP contribution is 2.29. The number of rotatable bonds is 7. The Morgan fingerprint density at radius 3 is 2.67 bits per heavy atom. The van der Waals surface area contributed by atoms with Crippen molar-refractivity contribution in [1.29, 1.82) is 0 Å². The quantitative estimate of drug-likeness (QED) is 0.787. The van der Waals surface area contributed by atoms with Crippen molar-refractivity contribution >= 4 is 23.5 Å². The second kappa shape index (κ2) is 6.68. The van der Waals surface area contributed by atoms with Gasteiger partial charge in [0.05, 0.1) is 0 Å². The molecule has 0 aliphatic heterocycles. The molecule has 0 aliphatic carbocycles. The molecule has 0 fully saturated rings. The van der Waals surface area contributed by atoms with Crippen molar-refractivity contribution in [2.24, 2.45) is 0 Å². The lowest BCUT2D eigenvalue weighted by Crippen LogP contribution is -2.40. The first-order chi connectivity index (χ1) is 8.55. The van der Waals surface area contributed by atoms with E-state index in [2.05, 4.69) is 30.5 Å². The molecule has 18 heavy (non-hydrogen) atoms. The van der Waals surface area contributed by atoms with Gasteiger partial charge in [0.2, 0.25) is 5.91 Å². The van der Waals surface area contributed by atoms with Gasteiger partial charge >= 0.3 is 0 Å². The van der Waals surface area contributed by atoms with Crippen molar-refractivity contribution in [3.8, 4) is 0 Å². The van der Waals surface area contributed by atoms with E-state index < -0.39 is 0 Å². The molecule has 0 aromatic carbocycles. The molecular formula is C12H22N4OS. The topological polar surface area (TPSA) is 72.9 Å². The molecule has 0 saturated carbocycles. The normalized spacial score (nSPS) is 11.5. The maximum absolute atomic E-state index is 11.8. The number of anilines is 1. The van der Waals surface area contributed by atoms with Gasteiger partial charge in [-0.05, 0) is 25.2 Å². The third kappa shape index (κ3) is 3.94. The van der Waals surface area contributed by atoms with Crippen molar-refractivity contribution in [1.82, 2.24) is 15.1 Å². The van der Waals surface area contributed by atoms with E-state index in [1.807, 2.05) is 11.8 Å². The molecule has 0 atom stereocenters. The molecular weight excluding hydrogens is 248 g/mol. The summed E-state index contributed by atoms with van der Waals surface area (Å²) >= 11 is 1.81. The number of amides is 1. The maximum atomic E-state index is 11.8. The lowest BCUT2D eigenvalue weighted by atomic mass is 10.0. The Morgan fingerprint density at radius 2 is 2.22 bits per heavy atom. The van der Waals surface area contributed by atoms with Crippen LogP contribution in [0.2, 0.25) is 0 Å². The first kappa shape index (κ1) is 14.9. The van der Waals surface area contributed by atoms with Gasteiger partial charge in [-0.2, -0.15) is 16.9 Å². The summed E-state index contributed by atoms with van der Waals surface area (Å²) in [5.74, 6) is 0.404. The fraction of sp³-hybridized carbons (Fsp3) is 0.667. The summed E-state index contributed by atoms with van der Waals surface area (Å²) in [7, 11) is 0. The molecule has 0 unspecified atom stereocenters. The Labute approximate surface area is 112 Å². The predicted octanol–water partition coefficient (Wildman–Crippen LogP) is 1.50. The van der Waals surface area contributed by atoms with Crippen molar-refractivity contribution < 1.29 is 4.79 Å². The summed E-state index contributed by atoms with van der Waals surface area (Å²) in [6.45, 7) is 5.21. The minimum absolute atomic E-state index is 0.0292. The highest BCUT2D eigenvalue weighted by molar-refractivity contribution is 8.00. The summed E-state index contributed by atoms with van der Waals surface area (Å²) in [6, 6.07) is 1.68. The summed E-state index contributed by atoms with van der Waals surface area (Å²) in [4.78, 5) is 11.8. The number of nitrogens with one attached hydrogen (secondary N) is 1. The number of carbonyl (C=O) groups excluding carboxylic acids is 1. The molecule has 1 aromatic rings. The molecule has 6 heteroatoms. The number of aromatic nitrogens is 2. The van der Waals surface area contributed by atoms with Crippen molar-refractivity contribution in [3.05, 3.63) is 12.3 Å². The average Bonchev–Trinajstić information content (AvgIpc) is 2.77. The fourth-order valence-corrected chi connectivity index (χ4v) is 2.58. The second-order valence-electron chi connectivity index (χ2n) is 4.31. The van der Waals surface area contributed by atoms with E-state index in [0.29, 0.717) is 12.4 Å². The largest absolute Gasteiger partial charge is 0.382 e. The smallest absolute Gasteiger partial charge is 0.241 e. The Hall–Kier alpha value is -1.17. The van der Waals surface area contributed by atoms with E-state index in [9.17, 15) is 4.79 Å². The van der Waals surface area contributed by atoms with Crippen LogP contribution in [-0.4, -0.2) is 33.2 Å². The molecule has 1 aromatic heterocycles. The van der Waals surface area contributed by atoms with E-state index in [1.54, 1.807) is 16.9 Å². The van der Waals surface area contributed by atoms with Crippen LogP contribution in [0.4, 0.5) is 5.82 Å². The minimum atomic E-state index is -0.0292. The molecule has 5 nitrogen and oxygen atoms in total. The number of hydrogen-bond donors (Lipinski definition) is 2. The summed E-state index contributed by atoms with van der Waals surface area (Å²) in [5, 5.41) is 6.96. The first-order valence-electron chi connectivity index (χ1n) is 6.16. The Kier molecular flexibility index (Phi) is 5.53. The molecule has 0 aliphatic rings. The van der Waals surface area contributed by atoms with E-state index >= 15 is 0 Å². The minimum Gasteiger partial charge on any atom is -0.382 e. The summed E-state index contributed by atoms with van der Waals surface area (Å²) < 4.78 is 1.68. The SMILES string of the molecule is CCC(CC)(CNC(=O)Cn1ccc(N)n1)SC. The van der Waals surface area contributed by atoms with Gasteiger partial charge in [-0.3, -0.25) is 9.48 Å². The van der Waals surface area contributed by atoms with Crippen LogP contribution < -0.4 is 11.1 Å². The zero-order valence-corrected chi connectivity index (χ0v) is 12.1. The van der Waals surface area contributed by atoms with Gasteiger partial charge in [0.25, 0.3) is 0 Å². The van der Waals surface area contributed by atoms with Gasteiger partial charge < -0.3 is 11.1 Å². The lowest BCUT2D eigenvalue weighted by molar-refractivity contribution is -0.121. The third-order valence-electron chi connectivity index (χ3n) is 3.30. The molecule has 1 amide bonds. The molecule has 0 spiro atoms. The van der Waals surface area contributed by atoms with Crippen LogP contribution in [-0.2, 0) is 11.3 Å². The number of nitrogens with zero attached hydrogens (tertiary/aromatic N) is 2. The molecule has 102 valence electrons. The zero-order valence-electron chi connectivity index (χ0n) is 11.3. The first-order valence-corrected chi connectivity index (χ1v) is 7.38. The number of hydrogen-bond acceptors (Lipinski definition) is 4. The van der Waals surface area contributed by atoms with Crippen molar-refractivity contribution in [2.45, 2.75) is 38.0 Å². The number of nitrogens with two attached hydrogens (primary N) is 1. The summed E-state index contributed by atoms with van der Waals surface area (Å²) in [5.41, 5.74) is 5.50. The van der Waals surface area contributed by atoms with Crippen LogP contribution in [0.5, 0.6) is 0 Å². The van der Waals surface area contributed by atoms with Crippen LogP contribution in [0.15, 0.2) is 12.3 Å². The van der Waals surface area contributed by atoms with Crippen molar-refractivity contribution in [2.75, 3.05) is 18.5 Å². The van der Waals surface area contributed by atoms with Crippen LogP contribution in [0.1, 0.15) is 26.7 Å².